The summed E-state index contributed by atoms with van der Waals surface area (Å²) in [5.74, 6) is -0.502. The lowest BCUT2D eigenvalue weighted by Crippen LogP contribution is -2.48. The van der Waals surface area contributed by atoms with Crippen molar-refractivity contribution in [3.05, 3.63) is 0 Å². The van der Waals surface area contributed by atoms with E-state index in [0.717, 1.165) is 0 Å². The number of hydrogen-bond acceptors (Lipinski definition) is 3. The molecule has 0 aliphatic rings. The van der Waals surface area contributed by atoms with Gasteiger partial charge in [0.05, 0.1) is 18.7 Å². The third-order valence-corrected chi connectivity index (χ3v) is 1.91. The average Bonchev–Trinajstić information content (AvgIpc) is 2.18. The maximum Gasteiger partial charge on any atom is 0.401 e. The van der Waals surface area contributed by atoms with Gasteiger partial charge in [-0.25, -0.2) is 0 Å². The van der Waals surface area contributed by atoms with Gasteiger partial charge in [0.25, 0.3) is 0 Å². The van der Waals surface area contributed by atoms with Gasteiger partial charge in [-0.1, -0.05) is 13.8 Å². The second kappa shape index (κ2) is 7.12. The van der Waals surface area contributed by atoms with Gasteiger partial charge in [-0.05, 0) is 12.3 Å². The Labute approximate surface area is 98.2 Å². The van der Waals surface area contributed by atoms with Crippen molar-refractivity contribution >= 4 is 5.91 Å². The van der Waals surface area contributed by atoms with Crippen LogP contribution in [-0.4, -0.2) is 31.2 Å². The van der Waals surface area contributed by atoms with Crippen LogP contribution in [-0.2, 0) is 4.79 Å². The summed E-state index contributed by atoms with van der Waals surface area (Å²) in [5, 5.41) is 12.7. The molecule has 4 nitrogen and oxygen atoms in total. The van der Waals surface area contributed by atoms with E-state index in [1.807, 2.05) is 0 Å². The van der Waals surface area contributed by atoms with Gasteiger partial charge in [-0.15, -0.1) is 0 Å². The molecule has 0 aromatic carbocycles. The first-order chi connectivity index (χ1) is 7.76. The fraction of sp³-hybridized carbons (Fsp3) is 0.800. The van der Waals surface area contributed by atoms with Crippen LogP contribution in [0.3, 0.4) is 0 Å². The Kier molecular flexibility index (Phi) is 6.58. The average molecular weight is 251 g/mol. The minimum Gasteiger partial charge on any atom is -0.342 e. The normalized spacial score (nSPS) is 13.2. The molecule has 0 aliphatic carbocycles. The number of hydrogen-bond donors (Lipinski definition) is 2. The first-order valence-electron chi connectivity index (χ1n) is 5.21. The highest BCUT2D eigenvalue weighted by molar-refractivity contribution is 5.81. The van der Waals surface area contributed by atoms with Crippen molar-refractivity contribution in [3.63, 3.8) is 0 Å². The third-order valence-electron chi connectivity index (χ3n) is 1.91. The fourth-order valence-corrected chi connectivity index (χ4v) is 1.24. The second-order valence-corrected chi connectivity index (χ2v) is 4.05. The zero-order valence-electron chi connectivity index (χ0n) is 9.77. The Morgan fingerprint density at radius 2 is 2.00 bits per heavy atom. The fourth-order valence-electron chi connectivity index (χ4n) is 1.24. The molecule has 1 amide bonds. The van der Waals surface area contributed by atoms with E-state index >= 15 is 0 Å². The highest BCUT2D eigenvalue weighted by Gasteiger charge is 2.30. The topological polar surface area (TPSA) is 64.9 Å². The summed E-state index contributed by atoms with van der Waals surface area (Å²) >= 11 is 0. The monoisotopic (exact) mass is 251 g/mol. The van der Waals surface area contributed by atoms with Crippen molar-refractivity contribution in [2.24, 2.45) is 5.92 Å². The van der Waals surface area contributed by atoms with Gasteiger partial charge < -0.3 is 5.32 Å². The molecule has 0 heterocycles. The lowest BCUT2D eigenvalue weighted by Gasteiger charge is -2.20. The van der Waals surface area contributed by atoms with E-state index in [9.17, 15) is 18.0 Å². The lowest BCUT2D eigenvalue weighted by atomic mass is 10.0. The number of carbonyl (C=O) groups is 1. The molecule has 0 aromatic rings. The molecular weight excluding hydrogens is 235 g/mol. The predicted molar refractivity (Wildman–Crippen MR) is 55.9 cm³/mol. The third kappa shape index (κ3) is 8.51. The quantitative estimate of drug-likeness (QED) is 0.697. The molecular formula is C10H16F3N3O. The van der Waals surface area contributed by atoms with Crippen LogP contribution in [0.4, 0.5) is 13.2 Å². The molecule has 98 valence electrons. The molecule has 17 heavy (non-hydrogen) atoms. The van der Waals surface area contributed by atoms with E-state index in [1.165, 1.54) is 0 Å². The minimum atomic E-state index is -4.36. The van der Waals surface area contributed by atoms with Crippen molar-refractivity contribution in [1.82, 2.24) is 10.6 Å². The highest BCUT2D eigenvalue weighted by Crippen LogP contribution is 2.14. The number of nitrogens with zero attached hydrogens (tertiary/aromatic N) is 1. The Morgan fingerprint density at radius 1 is 1.41 bits per heavy atom. The van der Waals surface area contributed by atoms with Crippen LogP contribution in [0, 0.1) is 17.2 Å². The van der Waals surface area contributed by atoms with Crippen molar-refractivity contribution in [2.75, 3.05) is 13.1 Å². The maximum atomic E-state index is 12.0. The number of halogens is 3. The molecule has 0 aromatic heterocycles. The number of alkyl halides is 3. The van der Waals surface area contributed by atoms with Crippen LogP contribution in [0.1, 0.15) is 20.3 Å². The first kappa shape index (κ1) is 15.7. The zero-order chi connectivity index (χ0) is 13.5. The molecule has 7 heteroatoms. The van der Waals surface area contributed by atoms with Gasteiger partial charge in [0, 0.05) is 0 Å². The minimum absolute atomic E-state index is 0.0774. The van der Waals surface area contributed by atoms with E-state index in [4.69, 9.17) is 5.26 Å². The van der Waals surface area contributed by atoms with Gasteiger partial charge in [-0.2, -0.15) is 18.4 Å². The SMILES string of the molecule is CC(C)C[C@H](NCC(F)(F)F)C(=O)NCC#N. The summed E-state index contributed by atoms with van der Waals surface area (Å²) in [6.07, 6.45) is -4.07. The van der Waals surface area contributed by atoms with Crippen molar-refractivity contribution in [1.29, 1.82) is 5.26 Å². The molecule has 0 bridgehead atoms. The summed E-state index contributed by atoms with van der Waals surface area (Å²) in [4.78, 5) is 11.5. The van der Waals surface area contributed by atoms with Crippen LogP contribution in [0.25, 0.3) is 0 Å². The van der Waals surface area contributed by atoms with Gasteiger partial charge in [-0.3, -0.25) is 10.1 Å². The standard InChI is InChI=1S/C10H16F3N3O/c1-7(2)5-8(9(17)15-4-3-14)16-6-10(11,12)13/h7-8,16H,4-6H2,1-2H3,(H,15,17)/t8-/m0/s1. The Hall–Kier alpha value is -1.29. The van der Waals surface area contributed by atoms with Crippen LogP contribution < -0.4 is 10.6 Å². The van der Waals surface area contributed by atoms with E-state index < -0.39 is 24.7 Å². The van der Waals surface area contributed by atoms with Crippen LogP contribution in [0.5, 0.6) is 0 Å². The number of nitriles is 1. The molecule has 0 radical (unpaired) electrons. The summed E-state index contributed by atoms with van der Waals surface area (Å²) in [6.45, 7) is 2.19. The number of carbonyl (C=O) groups excluding carboxylic acids is 1. The van der Waals surface area contributed by atoms with Gasteiger partial charge in [0.15, 0.2) is 0 Å². The van der Waals surface area contributed by atoms with Crippen molar-refractivity contribution < 1.29 is 18.0 Å². The molecule has 0 saturated heterocycles. The smallest absolute Gasteiger partial charge is 0.342 e. The van der Waals surface area contributed by atoms with Crippen molar-refractivity contribution in [3.8, 4) is 6.07 Å². The highest BCUT2D eigenvalue weighted by atomic mass is 19.4. The van der Waals surface area contributed by atoms with Gasteiger partial charge in [0.1, 0.15) is 6.54 Å². The van der Waals surface area contributed by atoms with E-state index in [2.05, 4.69) is 10.6 Å². The van der Waals surface area contributed by atoms with E-state index in [0.29, 0.717) is 0 Å². The molecule has 2 N–H and O–H groups in total. The summed E-state index contributed by atoms with van der Waals surface area (Å²) in [5.41, 5.74) is 0. The zero-order valence-corrected chi connectivity index (χ0v) is 9.77. The first-order valence-corrected chi connectivity index (χ1v) is 5.21. The summed E-state index contributed by atoms with van der Waals surface area (Å²) in [6, 6.07) is 0.771. The Morgan fingerprint density at radius 3 is 2.41 bits per heavy atom. The lowest BCUT2D eigenvalue weighted by molar-refractivity contribution is -0.132. The largest absolute Gasteiger partial charge is 0.401 e. The molecule has 0 fully saturated rings. The molecule has 0 aliphatic heterocycles. The summed E-state index contributed by atoms with van der Waals surface area (Å²) < 4.78 is 36.1. The van der Waals surface area contributed by atoms with Crippen molar-refractivity contribution in [2.45, 2.75) is 32.5 Å². The molecule has 0 saturated carbocycles. The van der Waals surface area contributed by atoms with Crippen LogP contribution in [0.15, 0.2) is 0 Å². The molecule has 1 atom stereocenters. The van der Waals surface area contributed by atoms with Gasteiger partial charge in [0.2, 0.25) is 5.91 Å². The number of nitrogens with one attached hydrogen (secondary N) is 2. The van der Waals surface area contributed by atoms with Crippen LogP contribution >= 0.6 is 0 Å². The van der Waals surface area contributed by atoms with Gasteiger partial charge >= 0.3 is 6.18 Å². The molecule has 0 spiro atoms. The van der Waals surface area contributed by atoms with Crippen LogP contribution in [0.2, 0.25) is 0 Å². The molecule has 0 rings (SSSR count). The Bertz CT molecular complexity index is 284. The molecule has 0 unspecified atom stereocenters. The summed E-state index contributed by atoms with van der Waals surface area (Å²) in [7, 11) is 0. The maximum absolute atomic E-state index is 12.0. The number of amides is 1. The van der Waals surface area contributed by atoms with E-state index in [1.54, 1.807) is 19.9 Å². The predicted octanol–water partition coefficient (Wildman–Crippen LogP) is 1.19. The number of rotatable bonds is 6. The van der Waals surface area contributed by atoms with E-state index in [-0.39, 0.29) is 18.9 Å². The Balaban J connectivity index is 4.33. The second-order valence-electron chi connectivity index (χ2n) is 4.05.